The van der Waals surface area contributed by atoms with Crippen LogP contribution in [0.4, 0.5) is 0 Å². The van der Waals surface area contributed by atoms with Gasteiger partial charge in [0.05, 0.1) is 7.11 Å². The molecule has 4 nitrogen and oxygen atoms in total. The van der Waals surface area contributed by atoms with E-state index in [4.69, 9.17) is 14.3 Å². The summed E-state index contributed by atoms with van der Waals surface area (Å²) in [4.78, 5) is 11.2. The van der Waals surface area contributed by atoms with Gasteiger partial charge in [-0.25, -0.2) is 0 Å². The lowest BCUT2D eigenvalue weighted by molar-refractivity contribution is -0.143. The quantitative estimate of drug-likeness (QED) is 0.887. The molecule has 0 aliphatic heterocycles. The van der Waals surface area contributed by atoms with Crippen LogP contribution in [-0.4, -0.2) is 18.2 Å². The molecule has 0 atom stereocenters. The minimum atomic E-state index is -1.05. The molecule has 0 fully saturated rings. The average molecular weight is 234 g/mol. The summed E-state index contributed by atoms with van der Waals surface area (Å²) in [5, 5.41) is 10.00. The van der Waals surface area contributed by atoms with Crippen LogP contribution in [0.1, 0.15) is 19.6 Å². The fourth-order valence-electron chi connectivity index (χ4n) is 1.61. The number of para-hydroxylation sites is 1. The van der Waals surface area contributed by atoms with Crippen LogP contribution >= 0.6 is 0 Å². The van der Waals surface area contributed by atoms with Crippen LogP contribution in [0.2, 0.25) is 0 Å². The number of hydrogen-bond acceptors (Lipinski definition) is 3. The molecule has 1 aromatic heterocycles. The molecule has 1 heterocycles. The maximum atomic E-state index is 11.2. The number of carboxylic acids is 1. The van der Waals surface area contributed by atoms with Crippen molar-refractivity contribution >= 4 is 16.9 Å². The summed E-state index contributed by atoms with van der Waals surface area (Å²) in [7, 11) is 1.55. The van der Waals surface area contributed by atoms with Gasteiger partial charge in [-0.1, -0.05) is 12.1 Å². The maximum Gasteiger partial charge on any atom is 0.316 e. The highest BCUT2D eigenvalue weighted by atomic mass is 16.5. The largest absolute Gasteiger partial charge is 0.493 e. The van der Waals surface area contributed by atoms with E-state index < -0.39 is 11.4 Å². The first kappa shape index (κ1) is 11.5. The van der Waals surface area contributed by atoms with E-state index in [1.165, 1.54) is 0 Å². The fourth-order valence-corrected chi connectivity index (χ4v) is 1.61. The normalized spacial score (nSPS) is 11.7. The Balaban J connectivity index is 2.63. The molecule has 0 aliphatic rings. The van der Waals surface area contributed by atoms with Crippen molar-refractivity contribution in [2.24, 2.45) is 0 Å². The second kappa shape index (κ2) is 3.80. The number of methoxy groups -OCH3 is 1. The summed E-state index contributed by atoms with van der Waals surface area (Å²) in [5.74, 6) is 0.106. The highest BCUT2D eigenvalue weighted by Gasteiger charge is 2.33. The number of carboxylic acid groups (broad SMARTS) is 1. The Kier molecular flexibility index (Phi) is 2.58. The molecule has 0 spiro atoms. The molecule has 0 saturated heterocycles. The number of furan rings is 1. The first-order valence-electron chi connectivity index (χ1n) is 5.27. The molecule has 4 heteroatoms. The standard InChI is InChI=1S/C13H14O4/c1-13(2,12(14)15)10-7-8-5-4-6-9(16-3)11(8)17-10/h4-7H,1-3H3,(H,14,15). The van der Waals surface area contributed by atoms with E-state index in [0.717, 1.165) is 5.39 Å². The summed E-state index contributed by atoms with van der Waals surface area (Å²) in [5.41, 5.74) is -0.469. The number of carbonyl (C=O) groups is 1. The Morgan fingerprint density at radius 1 is 1.41 bits per heavy atom. The number of rotatable bonds is 3. The van der Waals surface area contributed by atoms with Crippen molar-refractivity contribution in [3.8, 4) is 5.75 Å². The van der Waals surface area contributed by atoms with Crippen molar-refractivity contribution in [1.82, 2.24) is 0 Å². The number of fused-ring (bicyclic) bond motifs is 1. The predicted octanol–water partition coefficient (Wildman–Crippen LogP) is 2.80. The topological polar surface area (TPSA) is 59.7 Å². The van der Waals surface area contributed by atoms with Crippen molar-refractivity contribution in [2.45, 2.75) is 19.3 Å². The van der Waals surface area contributed by atoms with Gasteiger partial charge in [0.15, 0.2) is 11.3 Å². The van der Waals surface area contributed by atoms with E-state index in [0.29, 0.717) is 17.1 Å². The summed E-state index contributed by atoms with van der Waals surface area (Å²) in [6.07, 6.45) is 0. The smallest absolute Gasteiger partial charge is 0.316 e. The SMILES string of the molecule is COc1cccc2cc(C(C)(C)C(=O)O)oc12. The van der Waals surface area contributed by atoms with Gasteiger partial charge >= 0.3 is 5.97 Å². The van der Waals surface area contributed by atoms with Gasteiger partial charge in [0.2, 0.25) is 0 Å². The van der Waals surface area contributed by atoms with Crippen LogP contribution in [0.3, 0.4) is 0 Å². The van der Waals surface area contributed by atoms with Gasteiger partial charge in [0.25, 0.3) is 0 Å². The van der Waals surface area contributed by atoms with Gasteiger partial charge in [-0.3, -0.25) is 4.79 Å². The van der Waals surface area contributed by atoms with E-state index in [9.17, 15) is 4.79 Å². The van der Waals surface area contributed by atoms with Gasteiger partial charge < -0.3 is 14.3 Å². The van der Waals surface area contributed by atoms with Crippen LogP contribution in [0.15, 0.2) is 28.7 Å². The van der Waals surface area contributed by atoms with Gasteiger partial charge in [0, 0.05) is 5.39 Å². The zero-order valence-corrected chi connectivity index (χ0v) is 9.98. The Morgan fingerprint density at radius 2 is 2.12 bits per heavy atom. The number of hydrogen-bond donors (Lipinski definition) is 1. The number of aliphatic carboxylic acids is 1. The molecule has 1 aromatic carbocycles. The number of benzene rings is 1. The van der Waals surface area contributed by atoms with E-state index in [1.807, 2.05) is 12.1 Å². The molecule has 0 radical (unpaired) electrons. The van der Waals surface area contributed by atoms with Crippen molar-refractivity contribution in [3.63, 3.8) is 0 Å². The Labute approximate surface area is 98.8 Å². The molecule has 0 unspecified atom stereocenters. The molecule has 17 heavy (non-hydrogen) atoms. The lowest BCUT2D eigenvalue weighted by Gasteiger charge is -2.15. The van der Waals surface area contributed by atoms with E-state index in [1.54, 1.807) is 33.1 Å². The maximum absolute atomic E-state index is 11.2. The molecule has 2 rings (SSSR count). The van der Waals surface area contributed by atoms with Crippen LogP contribution in [-0.2, 0) is 10.2 Å². The van der Waals surface area contributed by atoms with Gasteiger partial charge in [-0.15, -0.1) is 0 Å². The monoisotopic (exact) mass is 234 g/mol. The van der Waals surface area contributed by atoms with Gasteiger partial charge in [-0.05, 0) is 26.0 Å². The zero-order chi connectivity index (χ0) is 12.6. The van der Waals surface area contributed by atoms with Gasteiger partial charge in [-0.2, -0.15) is 0 Å². The molecule has 0 amide bonds. The van der Waals surface area contributed by atoms with Crippen molar-refractivity contribution in [2.75, 3.05) is 7.11 Å². The summed E-state index contributed by atoms with van der Waals surface area (Å²) < 4.78 is 10.8. The van der Waals surface area contributed by atoms with Crippen LogP contribution in [0, 0.1) is 0 Å². The predicted molar refractivity (Wildman–Crippen MR) is 63.4 cm³/mol. The number of ether oxygens (including phenoxy) is 1. The van der Waals surface area contributed by atoms with Crippen LogP contribution < -0.4 is 4.74 Å². The minimum Gasteiger partial charge on any atom is -0.493 e. The lowest BCUT2D eigenvalue weighted by atomic mass is 9.90. The summed E-state index contributed by atoms with van der Waals surface area (Å²) >= 11 is 0. The highest BCUT2D eigenvalue weighted by Crippen LogP contribution is 2.34. The van der Waals surface area contributed by atoms with Crippen molar-refractivity contribution in [3.05, 3.63) is 30.0 Å². The van der Waals surface area contributed by atoms with Crippen molar-refractivity contribution in [1.29, 1.82) is 0 Å². The first-order valence-corrected chi connectivity index (χ1v) is 5.27. The molecule has 0 saturated carbocycles. The highest BCUT2D eigenvalue weighted by molar-refractivity contribution is 5.87. The van der Waals surface area contributed by atoms with E-state index in [2.05, 4.69) is 0 Å². The third kappa shape index (κ3) is 1.75. The average Bonchev–Trinajstić information content (AvgIpc) is 2.72. The molecule has 2 aromatic rings. The Morgan fingerprint density at radius 3 is 2.71 bits per heavy atom. The third-order valence-electron chi connectivity index (χ3n) is 2.88. The first-order chi connectivity index (χ1) is 7.96. The van der Waals surface area contributed by atoms with Crippen molar-refractivity contribution < 1.29 is 19.1 Å². The molecular formula is C13H14O4. The molecule has 90 valence electrons. The van der Waals surface area contributed by atoms with E-state index in [-0.39, 0.29) is 0 Å². The second-order valence-electron chi connectivity index (χ2n) is 4.42. The zero-order valence-electron chi connectivity index (χ0n) is 9.98. The van der Waals surface area contributed by atoms with E-state index >= 15 is 0 Å². The fraction of sp³-hybridized carbons (Fsp3) is 0.308. The molecule has 0 bridgehead atoms. The lowest BCUT2D eigenvalue weighted by Crippen LogP contribution is -2.27. The molecule has 1 N–H and O–H groups in total. The van der Waals surface area contributed by atoms with Gasteiger partial charge in [0.1, 0.15) is 11.2 Å². The van der Waals surface area contributed by atoms with Crippen LogP contribution in [0.25, 0.3) is 11.0 Å². The molecular weight excluding hydrogens is 220 g/mol. The molecule has 0 aliphatic carbocycles. The third-order valence-corrected chi connectivity index (χ3v) is 2.88. The van der Waals surface area contributed by atoms with Crippen LogP contribution in [0.5, 0.6) is 5.75 Å². The Hall–Kier alpha value is -1.97. The Bertz CT molecular complexity index is 566. The summed E-state index contributed by atoms with van der Waals surface area (Å²) in [6.45, 7) is 3.22. The minimum absolute atomic E-state index is 0.421. The second-order valence-corrected chi connectivity index (χ2v) is 4.42. The summed E-state index contributed by atoms with van der Waals surface area (Å²) in [6, 6.07) is 7.23.